The number of aromatic hydroxyl groups is 1. The largest absolute Gasteiger partial charge is 0.508 e. The van der Waals surface area contributed by atoms with Crippen LogP contribution in [0.2, 0.25) is 0 Å². The lowest BCUT2D eigenvalue weighted by atomic mass is 9.87. The number of phenolic OH excluding ortho intramolecular Hbond substituents is 1. The number of likely N-dealkylation sites (N-methyl/N-ethyl adjacent to an activating group) is 3. The first-order chi connectivity index (χ1) is 42.6. The summed E-state index contributed by atoms with van der Waals surface area (Å²) in [6, 6.07) is 26.1. The summed E-state index contributed by atoms with van der Waals surface area (Å²) in [4.78, 5) is 137. The van der Waals surface area contributed by atoms with Gasteiger partial charge in [0.15, 0.2) is 18.1 Å². The molecule has 2 aliphatic rings. The number of carbonyl (C=O) groups is 9. The first-order valence-electron chi connectivity index (χ1n) is 29.5. The number of cyclic esters (lactones) is 2. The number of esters is 2. The lowest BCUT2D eigenvalue weighted by Crippen LogP contribution is -2.57. The number of nitrogens with zero attached hydrogens (tertiary/aromatic N) is 5. The van der Waals surface area contributed by atoms with E-state index in [0.29, 0.717) is 47.5 Å². The van der Waals surface area contributed by atoms with E-state index >= 15 is 0 Å². The monoisotopic (exact) mass is 1220 g/mol. The average molecular weight is 1220 g/mol. The Morgan fingerprint density at radius 2 is 1.31 bits per heavy atom. The van der Waals surface area contributed by atoms with Gasteiger partial charge in [0.25, 0.3) is 11.8 Å². The number of amides is 6. The second-order valence-electron chi connectivity index (χ2n) is 22.8. The average Bonchev–Trinajstić information content (AvgIpc) is 3.59. The van der Waals surface area contributed by atoms with Gasteiger partial charge in [0.2, 0.25) is 29.4 Å². The number of fused-ring (bicyclic) bond motifs is 3. The van der Waals surface area contributed by atoms with Crippen LogP contribution in [-0.2, 0) is 78.3 Å². The number of Topliss-reactive ketones (excluding diaryl/α,β-unsaturated/α-hetero) is 1. The van der Waals surface area contributed by atoms with Gasteiger partial charge in [-0.25, -0.2) is 9.59 Å². The molecule has 3 heterocycles. The summed E-state index contributed by atoms with van der Waals surface area (Å²) < 4.78 is 28.9. The molecule has 4 aromatic carbocycles. The SMILES string of the molecule is COc1ccc(CC[C@H]2OC(=O)[C@@H]3CCCCN3C(=O)C(=O)C(C)(C)COC(=O)/C=C/CCN(C)C(=O)[C@@H](Cc3ccccc3)NC(=O)CN(C)C(=O)[C@@H](Cc3ccccc3)NC(=O)[C@H](Cc3ccc(O)cc3)N(C)C(=O)COc3cncc2c3)cc1OC. The third-order valence-electron chi connectivity index (χ3n) is 15.7. The van der Waals surface area contributed by atoms with Gasteiger partial charge in [-0.3, -0.25) is 38.5 Å². The first-order valence-corrected chi connectivity index (χ1v) is 29.5. The van der Waals surface area contributed by atoms with Crippen LogP contribution in [0.4, 0.5) is 0 Å². The minimum absolute atomic E-state index is 0.0151. The third kappa shape index (κ3) is 18.9. The van der Waals surface area contributed by atoms with Crippen molar-refractivity contribution in [1.82, 2.24) is 35.2 Å². The quantitative estimate of drug-likeness (QED) is 0.112. The van der Waals surface area contributed by atoms with Crippen molar-refractivity contribution >= 4 is 53.2 Å². The molecular weight excluding hydrogens is 1140 g/mol. The van der Waals surface area contributed by atoms with Crippen molar-refractivity contribution in [2.24, 2.45) is 5.41 Å². The summed E-state index contributed by atoms with van der Waals surface area (Å²) in [5.74, 6) is -5.55. The maximum absolute atomic E-state index is 14.8. The number of nitrogens with one attached hydrogen (secondary N) is 2. The van der Waals surface area contributed by atoms with Crippen molar-refractivity contribution in [2.75, 3.05) is 68.2 Å². The van der Waals surface area contributed by atoms with Gasteiger partial charge in [-0.05, 0) is 105 Å². The number of hydrogen-bond donors (Lipinski definition) is 3. The number of pyridine rings is 1. The van der Waals surface area contributed by atoms with Crippen molar-refractivity contribution in [1.29, 1.82) is 0 Å². The topological polar surface area (TPSA) is 270 Å². The zero-order valence-electron chi connectivity index (χ0n) is 51.4. The van der Waals surface area contributed by atoms with Gasteiger partial charge >= 0.3 is 11.9 Å². The molecule has 472 valence electrons. The zero-order valence-corrected chi connectivity index (χ0v) is 51.4. The van der Waals surface area contributed by atoms with Gasteiger partial charge < -0.3 is 59.0 Å². The number of hydrogen-bond acceptors (Lipinski definition) is 16. The number of carbonyl (C=O) groups excluding carboxylic acids is 9. The molecule has 22 nitrogen and oxygen atoms in total. The Morgan fingerprint density at radius 3 is 1.98 bits per heavy atom. The van der Waals surface area contributed by atoms with Crippen LogP contribution in [0, 0.1) is 5.41 Å². The molecule has 7 rings (SSSR count). The van der Waals surface area contributed by atoms with Crippen molar-refractivity contribution in [3.8, 4) is 23.0 Å². The number of rotatable bonds is 11. The third-order valence-corrected chi connectivity index (χ3v) is 15.7. The molecule has 0 radical (unpaired) electrons. The highest BCUT2D eigenvalue weighted by atomic mass is 16.5. The highest BCUT2D eigenvalue weighted by Gasteiger charge is 2.43. The van der Waals surface area contributed by atoms with Gasteiger partial charge in [-0.15, -0.1) is 0 Å². The molecule has 0 aliphatic carbocycles. The Kier molecular flexibility index (Phi) is 24.0. The van der Waals surface area contributed by atoms with Crippen LogP contribution in [0.3, 0.4) is 0 Å². The highest BCUT2D eigenvalue weighted by molar-refractivity contribution is 6.38. The van der Waals surface area contributed by atoms with Crippen molar-refractivity contribution in [3.05, 3.63) is 162 Å². The molecule has 0 saturated carbocycles. The lowest BCUT2D eigenvalue weighted by Gasteiger charge is -2.36. The molecule has 2 bridgehead atoms. The van der Waals surface area contributed by atoms with Gasteiger partial charge in [0.1, 0.15) is 48.4 Å². The van der Waals surface area contributed by atoms with Gasteiger partial charge in [-0.2, -0.15) is 0 Å². The minimum atomic E-state index is -1.52. The van der Waals surface area contributed by atoms with Crippen LogP contribution in [0.1, 0.15) is 79.9 Å². The second-order valence-corrected chi connectivity index (χ2v) is 22.8. The number of phenols is 1. The molecule has 2 aliphatic heterocycles. The molecule has 5 atom stereocenters. The van der Waals surface area contributed by atoms with Crippen molar-refractivity contribution < 1.29 is 71.9 Å². The van der Waals surface area contributed by atoms with Crippen LogP contribution in [-0.4, -0.2) is 175 Å². The van der Waals surface area contributed by atoms with Crippen molar-refractivity contribution in [2.45, 2.75) is 102 Å². The van der Waals surface area contributed by atoms with Crippen LogP contribution >= 0.6 is 0 Å². The molecule has 6 amide bonds. The fraction of sp³-hybridized carbons (Fsp3) is 0.403. The number of benzene rings is 4. The molecule has 1 aromatic heterocycles. The second kappa shape index (κ2) is 31.9. The van der Waals surface area contributed by atoms with E-state index in [0.717, 1.165) is 22.1 Å². The van der Waals surface area contributed by atoms with E-state index in [-0.39, 0.29) is 63.1 Å². The molecule has 0 spiro atoms. The Hall–Kier alpha value is -9.60. The number of aryl methyl sites for hydroxylation is 1. The summed E-state index contributed by atoms with van der Waals surface area (Å²) in [5.41, 5.74) is 1.62. The zero-order chi connectivity index (χ0) is 64.2. The molecular formula is C67H79N7O15. The maximum atomic E-state index is 14.8. The van der Waals surface area contributed by atoms with E-state index in [1.807, 2.05) is 12.1 Å². The normalized spacial score (nSPS) is 21.5. The van der Waals surface area contributed by atoms with E-state index in [1.165, 1.54) is 87.5 Å². The molecule has 89 heavy (non-hydrogen) atoms. The number of ether oxygens (including phenoxy) is 5. The minimum Gasteiger partial charge on any atom is -0.508 e. The fourth-order valence-electron chi connectivity index (χ4n) is 10.4. The summed E-state index contributed by atoms with van der Waals surface area (Å²) in [5, 5.41) is 15.8. The van der Waals surface area contributed by atoms with Gasteiger partial charge in [0, 0.05) is 71.3 Å². The van der Waals surface area contributed by atoms with E-state index in [1.54, 1.807) is 92.0 Å². The smallest absolute Gasteiger partial charge is 0.330 e. The molecule has 3 N–H and O–H groups in total. The van der Waals surface area contributed by atoms with E-state index in [9.17, 15) is 48.3 Å². The Morgan fingerprint density at radius 1 is 0.685 bits per heavy atom. The van der Waals surface area contributed by atoms with E-state index in [2.05, 4.69) is 15.6 Å². The van der Waals surface area contributed by atoms with Crippen LogP contribution in [0.15, 0.2) is 134 Å². The van der Waals surface area contributed by atoms with Crippen LogP contribution in [0.5, 0.6) is 23.0 Å². The van der Waals surface area contributed by atoms with E-state index in [4.69, 9.17) is 23.7 Å². The number of ketones is 1. The Balaban J connectivity index is 1.21. The number of piperidine rings is 1. The standard InChI is InChI=1S/C67H79N7O15/c1-67(2)43-88-60(78)23-15-16-32-71(3)63(81)51(34-44-18-10-8-11-19-44)69-58(76)41-72(4)64(82)52(35-45-20-12-9-13-21-45)70-62(80)54(36-46-24-28-49(75)29-25-46)73(5)59(77)42-87-50-38-48(39-68-40-50)55(30-26-47-27-31-56(85-6)57(37-47)86-7)89-66(84)53-22-14-17-33-74(53)65(83)61(67)79/h8-13,15,18-21,23-25,27-29,31,37-40,51-55,75H,14,16-17,22,26,30,32-36,41-43H2,1-7H3,(H,69,76)(H,70,80)/b23-15+/t51-,52-,53+,54+,55-/m1/s1. The number of methoxy groups -OCH3 is 2. The first kappa shape index (κ1) is 66.9. The fourth-order valence-corrected chi connectivity index (χ4v) is 10.4. The summed E-state index contributed by atoms with van der Waals surface area (Å²) in [6.07, 6.45) is 6.37. The molecule has 5 aromatic rings. The van der Waals surface area contributed by atoms with Crippen molar-refractivity contribution in [3.63, 3.8) is 0 Å². The maximum Gasteiger partial charge on any atom is 0.330 e. The Bertz CT molecular complexity index is 3320. The summed E-state index contributed by atoms with van der Waals surface area (Å²) in [7, 11) is 7.38. The molecule has 0 unspecified atom stereocenters. The molecule has 1 saturated heterocycles. The predicted molar refractivity (Wildman–Crippen MR) is 327 cm³/mol. The number of aromatic nitrogens is 1. The summed E-state index contributed by atoms with van der Waals surface area (Å²) in [6.45, 7) is 1.49. The Labute approximate surface area is 518 Å². The van der Waals surface area contributed by atoms with Gasteiger partial charge in [-0.1, -0.05) is 84.9 Å². The van der Waals surface area contributed by atoms with E-state index < -0.39 is 109 Å². The van der Waals surface area contributed by atoms with Gasteiger partial charge in [0.05, 0.1) is 32.4 Å². The molecule has 1 fully saturated rings. The van der Waals surface area contributed by atoms with Crippen LogP contribution < -0.4 is 24.8 Å². The predicted octanol–water partition coefficient (Wildman–Crippen LogP) is 5.32. The molecule has 22 heteroatoms. The van der Waals surface area contributed by atoms with Crippen LogP contribution in [0.25, 0.3) is 0 Å². The summed E-state index contributed by atoms with van der Waals surface area (Å²) >= 11 is 0. The lowest BCUT2D eigenvalue weighted by molar-refractivity contribution is -0.165. The highest BCUT2D eigenvalue weighted by Crippen LogP contribution is 2.33.